The maximum Gasteiger partial charge on any atom is 0.248 e. The molecule has 4 rings (SSSR count). The fourth-order valence-electron chi connectivity index (χ4n) is 4.80. The van der Waals surface area contributed by atoms with Crippen molar-refractivity contribution < 1.29 is 4.57 Å². The molecule has 0 saturated carbocycles. The van der Waals surface area contributed by atoms with E-state index in [0.717, 1.165) is 6.54 Å². The van der Waals surface area contributed by atoms with Crippen LogP contribution >= 0.6 is 7.92 Å². The number of aryl methyl sites for hydroxylation is 4. The molecule has 0 spiro atoms. The van der Waals surface area contributed by atoms with Gasteiger partial charge in [-0.2, -0.15) is 0 Å². The summed E-state index contributed by atoms with van der Waals surface area (Å²) in [6.45, 7) is 9.97. The summed E-state index contributed by atoms with van der Waals surface area (Å²) in [4.78, 5) is 0. The lowest BCUT2D eigenvalue weighted by molar-refractivity contribution is -0.696. The Morgan fingerprint density at radius 2 is 1.41 bits per heavy atom. The molecule has 32 heavy (non-hydrogen) atoms. The first-order chi connectivity index (χ1) is 15.6. The number of imidazole rings is 1. The van der Waals surface area contributed by atoms with Crippen LogP contribution in [0.5, 0.6) is 0 Å². The molecule has 3 aromatic carbocycles. The van der Waals surface area contributed by atoms with Crippen molar-refractivity contribution in [2.75, 3.05) is 0 Å². The molecule has 4 aromatic rings. The summed E-state index contributed by atoms with van der Waals surface area (Å²) in [5.41, 5.74) is 5.93. The molecule has 0 N–H and O–H groups in total. The molecule has 0 saturated heterocycles. The van der Waals surface area contributed by atoms with Crippen LogP contribution < -0.4 is 15.2 Å². The smallest absolute Gasteiger partial charge is 0.236 e. The van der Waals surface area contributed by atoms with Gasteiger partial charge >= 0.3 is 0 Å². The van der Waals surface area contributed by atoms with E-state index in [2.05, 4.69) is 128 Å². The minimum Gasteiger partial charge on any atom is -0.236 e. The van der Waals surface area contributed by atoms with Crippen molar-refractivity contribution in [3.63, 3.8) is 0 Å². The zero-order valence-electron chi connectivity index (χ0n) is 19.7. The highest BCUT2D eigenvalue weighted by Crippen LogP contribution is 2.42. The number of benzene rings is 3. The molecule has 0 radical (unpaired) electrons. The summed E-state index contributed by atoms with van der Waals surface area (Å²) in [5, 5.41) is 2.96. The highest BCUT2D eigenvalue weighted by molar-refractivity contribution is 7.73. The number of nitrogens with zero attached hydrogens (tertiary/aromatic N) is 2. The van der Waals surface area contributed by atoms with Crippen LogP contribution in [0.25, 0.3) is 5.69 Å². The summed E-state index contributed by atoms with van der Waals surface area (Å²) in [7, 11) is -0.382. The molecular weight excluding hydrogens is 407 g/mol. The van der Waals surface area contributed by atoms with Gasteiger partial charge in [-0.3, -0.25) is 0 Å². The third-order valence-corrected chi connectivity index (χ3v) is 9.27. The highest BCUT2D eigenvalue weighted by Gasteiger charge is 2.24. The lowest BCUT2D eigenvalue weighted by Gasteiger charge is -2.27. The normalized spacial score (nSPS) is 12.3. The quantitative estimate of drug-likeness (QED) is 0.235. The molecular formula is C29H34N2P+. The molecule has 0 fully saturated rings. The average molecular weight is 442 g/mol. The Balaban J connectivity index is 1.56. The zero-order valence-corrected chi connectivity index (χ0v) is 20.6. The van der Waals surface area contributed by atoms with Gasteiger partial charge in [0.05, 0.1) is 6.54 Å². The topological polar surface area (TPSA) is 8.81 Å². The molecule has 0 amide bonds. The summed E-state index contributed by atoms with van der Waals surface area (Å²) in [5.74, 6) is 0. The Labute approximate surface area is 194 Å². The second kappa shape index (κ2) is 10.3. The molecule has 0 aliphatic carbocycles. The Morgan fingerprint density at radius 1 is 0.844 bits per heavy atom. The first kappa shape index (κ1) is 22.5. The van der Waals surface area contributed by atoms with Gasteiger partial charge in [0.1, 0.15) is 18.1 Å². The first-order valence-electron chi connectivity index (χ1n) is 11.6. The van der Waals surface area contributed by atoms with E-state index in [1.807, 2.05) is 0 Å². The van der Waals surface area contributed by atoms with Gasteiger partial charge in [-0.1, -0.05) is 85.3 Å². The summed E-state index contributed by atoms with van der Waals surface area (Å²) < 4.78 is 4.63. The predicted molar refractivity (Wildman–Crippen MR) is 138 cm³/mol. The molecule has 0 bridgehead atoms. The van der Waals surface area contributed by atoms with Gasteiger partial charge < -0.3 is 0 Å². The molecule has 164 valence electrons. The highest BCUT2D eigenvalue weighted by atomic mass is 31.1. The number of hydrogen-bond donors (Lipinski definition) is 0. The Bertz CT molecular complexity index is 1090. The van der Waals surface area contributed by atoms with E-state index in [9.17, 15) is 0 Å². The third-order valence-electron chi connectivity index (χ3n) is 6.21. The third kappa shape index (κ3) is 5.03. The Kier molecular flexibility index (Phi) is 7.22. The predicted octanol–water partition coefficient (Wildman–Crippen LogP) is 5.99. The monoisotopic (exact) mass is 441 g/mol. The maximum atomic E-state index is 2.35. The molecule has 1 aromatic heterocycles. The molecule has 1 atom stereocenters. The largest absolute Gasteiger partial charge is 0.248 e. The fraction of sp³-hybridized carbons (Fsp3) is 0.276. The minimum atomic E-state index is -0.382. The van der Waals surface area contributed by atoms with Gasteiger partial charge in [-0.05, 0) is 68.9 Å². The molecule has 1 heterocycles. The van der Waals surface area contributed by atoms with Crippen LogP contribution in [0.4, 0.5) is 0 Å². The zero-order chi connectivity index (χ0) is 22.5. The summed E-state index contributed by atoms with van der Waals surface area (Å²) in [6.07, 6.45) is 9.03. The first-order valence-corrected chi connectivity index (χ1v) is 13.0. The number of rotatable bonds is 8. The second-order valence-corrected chi connectivity index (χ2v) is 11.2. The van der Waals surface area contributed by atoms with Crippen LogP contribution in [-0.4, -0.2) is 10.2 Å². The SMILES string of the molecule is CC[C@H](CC[n+]1ccn(-c2c(C)cc(C)cc2C)c1)P(c1ccccc1)c1ccccc1. The van der Waals surface area contributed by atoms with Gasteiger partial charge in [0.15, 0.2) is 0 Å². The van der Waals surface area contributed by atoms with E-state index in [1.54, 1.807) is 0 Å². The van der Waals surface area contributed by atoms with Gasteiger partial charge in [0.2, 0.25) is 6.33 Å². The summed E-state index contributed by atoms with van der Waals surface area (Å²) in [6, 6.07) is 26.8. The van der Waals surface area contributed by atoms with Gasteiger partial charge in [-0.25, -0.2) is 9.13 Å². The van der Waals surface area contributed by atoms with E-state index in [4.69, 9.17) is 0 Å². The van der Waals surface area contributed by atoms with E-state index in [0.29, 0.717) is 5.66 Å². The van der Waals surface area contributed by atoms with E-state index >= 15 is 0 Å². The van der Waals surface area contributed by atoms with Gasteiger partial charge in [-0.15, -0.1) is 0 Å². The van der Waals surface area contributed by atoms with Crippen molar-refractivity contribution in [1.82, 2.24) is 4.57 Å². The summed E-state index contributed by atoms with van der Waals surface area (Å²) >= 11 is 0. The Morgan fingerprint density at radius 3 is 1.94 bits per heavy atom. The standard InChI is InChI=1S/C29H34N2P/c1-5-26(32(27-12-8-6-9-13-27)28-14-10-7-11-15-28)16-17-30-18-19-31(22-30)29-24(3)20-23(2)21-25(29)4/h6-15,18-22,26H,5,16-17H2,1-4H3/q+1/t26-/m1/s1. The average Bonchev–Trinajstić information content (AvgIpc) is 3.25. The van der Waals surface area contributed by atoms with Gasteiger partial charge in [0, 0.05) is 0 Å². The van der Waals surface area contributed by atoms with Gasteiger partial charge in [0.25, 0.3) is 0 Å². The number of aromatic nitrogens is 2. The van der Waals surface area contributed by atoms with Crippen LogP contribution in [0.1, 0.15) is 36.5 Å². The van der Waals surface area contributed by atoms with Crippen LogP contribution in [0.15, 0.2) is 91.5 Å². The molecule has 2 nitrogen and oxygen atoms in total. The molecule has 3 heteroatoms. The van der Waals surface area contributed by atoms with E-state index in [-0.39, 0.29) is 7.92 Å². The van der Waals surface area contributed by atoms with Crippen LogP contribution in [0.3, 0.4) is 0 Å². The van der Waals surface area contributed by atoms with Crippen molar-refractivity contribution in [2.24, 2.45) is 0 Å². The minimum absolute atomic E-state index is 0.382. The van der Waals surface area contributed by atoms with Crippen molar-refractivity contribution >= 4 is 18.5 Å². The Hall–Kier alpha value is -2.70. The van der Waals surface area contributed by atoms with E-state index < -0.39 is 0 Å². The lowest BCUT2D eigenvalue weighted by Crippen LogP contribution is -2.34. The van der Waals surface area contributed by atoms with Crippen molar-refractivity contribution in [3.05, 3.63) is 108 Å². The second-order valence-electron chi connectivity index (χ2n) is 8.70. The van der Waals surface area contributed by atoms with Crippen LogP contribution in [-0.2, 0) is 6.54 Å². The number of hydrogen-bond acceptors (Lipinski definition) is 0. The fourth-order valence-corrected chi connectivity index (χ4v) is 7.67. The molecule has 0 aliphatic rings. The lowest BCUT2D eigenvalue weighted by atomic mass is 10.1. The van der Waals surface area contributed by atoms with Crippen molar-refractivity contribution in [1.29, 1.82) is 0 Å². The molecule has 0 aliphatic heterocycles. The molecule has 0 unspecified atom stereocenters. The van der Waals surface area contributed by atoms with Crippen molar-refractivity contribution in [2.45, 2.75) is 52.7 Å². The van der Waals surface area contributed by atoms with Crippen molar-refractivity contribution in [3.8, 4) is 5.69 Å². The maximum absolute atomic E-state index is 2.35. The van der Waals surface area contributed by atoms with Crippen LogP contribution in [0, 0.1) is 20.8 Å². The van der Waals surface area contributed by atoms with Crippen LogP contribution in [0.2, 0.25) is 0 Å². The van der Waals surface area contributed by atoms with E-state index in [1.165, 1.54) is 45.8 Å².